The standard InChI is InChI=1S/C27H26F2N4O2.C25H25F2N3O2.C18H20BrF2N3O.C9H9NO2S.C7H9BO3/c1-2-18-13-31-27(32-14-18)33-9-7-19(8-10-33)16-34-26-23(28)11-22(12-24(26)29)20-3-5-21(6-4-20)25-15-30-17-35-25;1-2-17-13-28-25(29-14-17)30-9-7-19(8-10-30)16-32-24-22(26)11-21(12-23(24)27)20-5-3-18(15-31)4-6-20;1-2-12-9-22-18(23-10-12)24-5-3-13(4-6-24)11-25-17-15(20)7-14(19)8-16(17)21;1-8-3-5-9(6-4-8)13(11,12)7-10-2;1-11-7-4-2-6(3-5-7)8(9)10/h3-6,11-15,17,19H,2,7-10,16H2,1H3;3-6,11-15,19H,2,7-10,16H2,1H3;7-10,13H,2-6,11H2,1H3;3-6H,7H2,1H3;2-5,9-10H,1H3. The molecule has 30 heteroatoms. The van der Waals surface area contributed by atoms with Crippen LogP contribution in [0.25, 0.3) is 38.4 Å². The zero-order valence-corrected chi connectivity index (χ0v) is 67.2. The average molecular weight is 1670 g/mol. The molecule has 3 aliphatic heterocycles. The first-order valence-corrected chi connectivity index (χ1v) is 40.3. The predicted molar refractivity (Wildman–Crippen MR) is 437 cm³/mol. The molecule has 7 heterocycles. The number of benzene rings is 7. The number of ether oxygens (including phenoxy) is 4. The van der Waals surface area contributed by atoms with E-state index >= 15 is 0 Å². The van der Waals surface area contributed by atoms with Gasteiger partial charge in [0, 0.05) is 92.0 Å². The van der Waals surface area contributed by atoms with Gasteiger partial charge in [-0.1, -0.05) is 115 Å². The third kappa shape index (κ3) is 24.9. The Morgan fingerprint density at radius 3 is 1.19 bits per heavy atom. The number of piperidine rings is 3. The van der Waals surface area contributed by atoms with Gasteiger partial charge in [0.2, 0.25) is 17.8 Å². The molecule has 0 radical (unpaired) electrons. The first-order valence-electron chi connectivity index (χ1n) is 37.9. The van der Waals surface area contributed by atoms with Gasteiger partial charge in [0.05, 0.1) is 38.0 Å². The van der Waals surface area contributed by atoms with Crippen LogP contribution in [-0.4, -0.2) is 139 Å². The lowest BCUT2D eigenvalue weighted by Crippen LogP contribution is -2.36. The fourth-order valence-electron chi connectivity index (χ4n) is 12.6. The van der Waals surface area contributed by atoms with Gasteiger partial charge in [0.1, 0.15) is 12.0 Å². The van der Waals surface area contributed by atoms with Crippen molar-refractivity contribution in [3.63, 3.8) is 0 Å². The second-order valence-electron chi connectivity index (χ2n) is 27.7. The van der Waals surface area contributed by atoms with E-state index in [1.807, 2.05) is 56.2 Å². The molecule has 0 atom stereocenters. The van der Waals surface area contributed by atoms with Gasteiger partial charge in [-0.05, 0) is 188 Å². The van der Waals surface area contributed by atoms with Gasteiger partial charge in [-0.25, -0.2) is 76.2 Å². The normalized spacial score (nSPS) is 13.7. The molecule has 0 bridgehead atoms. The lowest BCUT2D eigenvalue weighted by molar-refractivity contribution is 0.112. The van der Waals surface area contributed by atoms with E-state index in [9.17, 15) is 39.6 Å². The number of rotatable bonds is 23. The summed E-state index contributed by atoms with van der Waals surface area (Å²) in [4.78, 5) is 50.7. The maximum atomic E-state index is 14.8. The Bertz CT molecular complexity index is 5020. The number of oxazole rings is 1. The van der Waals surface area contributed by atoms with Gasteiger partial charge < -0.3 is 48.1 Å². The number of hydrogen-bond acceptors (Lipinski definition) is 20. The molecule has 116 heavy (non-hydrogen) atoms. The summed E-state index contributed by atoms with van der Waals surface area (Å²) in [5.41, 5.74) is 8.29. The van der Waals surface area contributed by atoms with Crippen molar-refractivity contribution in [3.8, 4) is 56.6 Å². The molecule has 3 saturated heterocycles. The fraction of sp³-hybridized carbons (Fsp3) is 0.314. The lowest BCUT2D eigenvalue weighted by atomic mass is 9.80. The highest BCUT2D eigenvalue weighted by Gasteiger charge is 2.28. The van der Waals surface area contributed by atoms with E-state index in [1.165, 1.54) is 54.9 Å². The summed E-state index contributed by atoms with van der Waals surface area (Å²) >= 11 is 3.06. The minimum atomic E-state index is -3.38. The second kappa shape index (κ2) is 42.9. The van der Waals surface area contributed by atoms with E-state index in [0.29, 0.717) is 55.9 Å². The summed E-state index contributed by atoms with van der Waals surface area (Å²) in [6.45, 7) is 20.2. The highest BCUT2D eigenvalue weighted by molar-refractivity contribution is 9.10. The number of carbonyl (C=O) groups is 1. The Morgan fingerprint density at radius 2 is 0.871 bits per heavy atom. The SMILES string of the molecule is CCc1cnc(N2CCC(COc3c(F)cc(-c4ccc(-c5cnco5)cc4)cc3F)CC2)nc1.CCc1cnc(N2CCC(COc3c(F)cc(-c4ccc(C=O)cc4)cc3F)CC2)nc1.CCc1cnc(N2CCC(COc3c(F)cc(Br)cc3F)CC2)nc1.COc1ccc(B(O)O)cc1.[C-]#[N+]CS(=O)(=O)c1ccc(C)cc1. The van der Waals surface area contributed by atoms with Crippen LogP contribution >= 0.6 is 15.9 Å². The number of hydrogen-bond donors (Lipinski definition) is 2. The summed E-state index contributed by atoms with van der Waals surface area (Å²) < 4.78 is 136. The summed E-state index contributed by atoms with van der Waals surface area (Å²) in [6.07, 6.45) is 22.7. The van der Waals surface area contributed by atoms with Crippen LogP contribution in [0.2, 0.25) is 0 Å². The van der Waals surface area contributed by atoms with Crippen LogP contribution in [0.1, 0.15) is 91.9 Å². The minimum absolute atomic E-state index is 0.204. The topological polar surface area (TPSA) is 246 Å². The van der Waals surface area contributed by atoms with Crippen LogP contribution in [-0.2, 0) is 29.1 Å². The van der Waals surface area contributed by atoms with E-state index in [-0.39, 0.29) is 53.1 Å². The molecule has 14 rings (SSSR count). The van der Waals surface area contributed by atoms with Crippen LogP contribution in [0.15, 0.2) is 197 Å². The van der Waals surface area contributed by atoms with Crippen LogP contribution in [0.3, 0.4) is 0 Å². The molecular formula is C86H89BBrF6N11O10S. The van der Waals surface area contributed by atoms with Gasteiger partial charge in [-0.2, -0.15) is 0 Å². The maximum absolute atomic E-state index is 14.8. The van der Waals surface area contributed by atoms with Gasteiger partial charge in [-0.15, -0.1) is 0 Å². The van der Waals surface area contributed by atoms with Crippen molar-refractivity contribution in [1.29, 1.82) is 0 Å². The van der Waals surface area contributed by atoms with Gasteiger partial charge in [0.25, 0.3) is 9.84 Å². The molecule has 7 aromatic carbocycles. The first kappa shape index (κ1) is 87.1. The summed E-state index contributed by atoms with van der Waals surface area (Å²) in [5.74, 6) is -1.52. The number of nitrogens with zero attached hydrogens (tertiary/aromatic N) is 11. The molecule has 3 fully saturated rings. The number of methoxy groups -OCH3 is 1. The van der Waals surface area contributed by atoms with Crippen molar-refractivity contribution in [2.45, 2.75) is 90.4 Å². The average Bonchev–Trinajstić information content (AvgIpc) is 0.970. The third-order valence-corrected chi connectivity index (χ3v) is 21.6. The Labute approximate surface area is 679 Å². The maximum Gasteiger partial charge on any atom is 0.488 e. The molecule has 3 aliphatic rings. The van der Waals surface area contributed by atoms with Crippen molar-refractivity contribution < 1.29 is 73.0 Å². The molecule has 0 unspecified atom stereocenters. The highest BCUT2D eigenvalue weighted by atomic mass is 79.9. The largest absolute Gasteiger partial charge is 0.497 e. The summed E-state index contributed by atoms with van der Waals surface area (Å²) in [5, 5.41) is 17.4. The van der Waals surface area contributed by atoms with Crippen molar-refractivity contribution in [1.82, 2.24) is 34.9 Å². The Kier molecular flexibility index (Phi) is 32.2. The third-order valence-electron chi connectivity index (χ3n) is 19.7. The zero-order valence-electron chi connectivity index (χ0n) is 64.8. The first-order chi connectivity index (χ1) is 56.0. The number of anilines is 3. The number of halogens is 7. The van der Waals surface area contributed by atoms with Gasteiger partial charge in [-0.3, -0.25) is 9.64 Å². The van der Waals surface area contributed by atoms with Crippen LogP contribution in [0, 0.1) is 66.2 Å². The number of aldehydes is 1. The van der Waals surface area contributed by atoms with Gasteiger partial charge in [0.15, 0.2) is 64.3 Å². The number of sulfone groups is 1. The molecule has 11 aromatic rings. The van der Waals surface area contributed by atoms with Crippen LogP contribution < -0.4 is 39.1 Å². The molecular weight excluding hydrogens is 1580 g/mol. The number of carbonyl (C=O) groups excluding carboxylic acids is 1. The molecule has 606 valence electrons. The van der Waals surface area contributed by atoms with E-state index in [2.05, 4.69) is 91.1 Å². The minimum Gasteiger partial charge on any atom is -0.497 e. The molecule has 4 aromatic heterocycles. The molecule has 21 nitrogen and oxygen atoms in total. The smallest absolute Gasteiger partial charge is 0.488 e. The van der Waals surface area contributed by atoms with Gasteiger partial charge >= 0.3 is 13.0 Å². The van der Waals surface area contributed by atoms with Crippen LogP contribution in [0.5, 0.6) is 23.0 Å². The van der Waals surface area contributed by atoms with Crippen molar-refractivity contribution in [2.24, 2.45) is 17.8 Å². The Morgan fingerprint density at radius 1 is 0.517 bits per heavy atom. The molecule has 0 amide bonds. The summed E-state index contributed by atoms with van der Waals surface area (Å²) in [6, 6.07) is 34.4. The zero-order chi connectivity index (χ0) is 82.7. The van der Waals surface area contributed by atoms with Crippen molar-refractivity contribution >= 4 is 62.5 Å². The van der Waals surface area contributed by atoms with Crippen LogP contribution in [0.4, 0.5) is 44.2 Å². The van der Waals surface area contributed by atoms with E-state index in [4.69, 9.17) is 40.0 Å². The molecule has 2 N–H and O–H groups in total. The number of aromatic nitrogens is 7. The fourth-order valence-corrected chi connectivity index (χ4v) is 13.9. The van der Waals surface area contributed by atoms with E-state index in [1.54, 1.807) is 86.1 Å². The molecule has 0 spiro atoms. The number of aryl methyl sites for hydroxylation is 4. The molecule has 0 saturated carbocycles. The van der Waals surface area contributed by atoms with Crippen molar-refractivity contribution in [2.75, 3.05) is 86.8 Å². The lowest BCUT2D eigenvalue weighted by Gasteiger charge is -2.31. The monoisotopic (exact) mass is 1670 g/mol. The second-order valence-corrected chi connectivity index (χ2v) is 30.6. The van der Waals surface area contributed by atoms with E-state index < -0.39 is 57.7 Å². The van der Waals surface area contributed by atoms with Crippen molar-refractivity contribution in [3.05, 3.63) is 262 Å². The summed E-state index contributed by atoms with van der Waals surface area (Å²) in [7, 11) is -3.22. The molecule has 0 aliphatic carbocycles. The predicted octanol–water partition coefficient (Wildman–Crippen LogP) is 16.4. The quantitative estimate of drug-likeness (QED) is 0.0261. The highest BCUT2D eigenvalue weighted by Crippen LogP contribution is 2.35. The Balaban J connectivity index is 0.000000162. The van der Waals surface area contributed by atoms with E-state index in [0.717, 1.165) is 149 Å². The Hall–Kier alpha value is -11.3.